The lowest BCUT2D eigenvalue weighted by atomic mass is 10.2. The van der Waals surface area contributed by atoms with Gasteiger partial charge in [0.2, 0.25) is 0 Å². The van der Waals surface area contributed by atoms with Gasteiger partial charge in [0, 0.05) is 24.0 Å². The largest absolute Gasteiger partial charge is 0.360 e. The average molecular weight is 359 g/mol. The standard InChI is InChI=1S/C18H22N4S2/c1-2-14(20-18(24)22-16-11-7-4-8-12-16)13-19-17(23)21-15-9-5-3-6-10-15/h3-12,14H,2,13H2,1H3,(H2,19,21,23)(H2,20,22,24). The van der Waals surface area contributed by atoms with Crippen molar-refractivity contribution < 1.29 is 0 Å². The Morgan fingerprint density at radius 2 is 1.33 bits per heavy atom. The van der Waals surface area contributed by atoms with E-state index in [-0.39, 0.29) is 6.04 Å². The normalized spacial score (nSPS) is 11.2. The van der Waals surface area contributed by atoms with Crippen molar-refractivity contribution in [3.05, 3.63) is 60.7 Å². The summed E-state index contributed by atoms with van der Waals surface area (Å²) in [6, 6.07) is 19.9. The Labute approximate surface area is 154 Å². The maximum absolute atomic E-state index is 5.36. The van der Waals surface area contributed by atoms with Crippen LogP contribution in [0.4, 0.5) is 11.4 Å². The molecule has 0 spiro atoms. The predicted octanol–water partition coefficient (Wildman–Crippen LogP) is 3.74. The van der Waals surface area contributed by atoms with Gasteiger partial charge in [-0.15, -0.1) is 0 Å². The number of hydrogen-bond donors (Lipinski definition) is 4. The second-order valence-corrected chi connectivity index (χ2v) is 6.09. The van der Waals surface area contributed by atoms with Crippen molar-refractivity contribution >= 4 is 46.0 Å². The fourth-order valence-electron chi connectivity index (χ4n) is 2.08. The summed E-state index contributed by atoms with van der Waals surface area (Å²) < 4.78 is 0. The summed E-state index contributed by atoms with van der Waals surface area (Å²) in [7, 11) is 0. The van der Waals surface area contributed by atoms with Gasteiger partial charge in [-0.2, -0.15) is 0 Å². The summed E-state index contributed by atoms with van der Waals surface area (Å²) in [5.41, 5.74) is 1.94. The molecule has 0 aliphatic heterocycles. The van der Waals surface area contributed by atoms with Gasteiger partial charge < -0.3 is 21.3 Å². The van der Waals surface area contributed by atoms with Crippen LogP contribution in [0.5, 0.6) is 0 Å². The number of anilines is 2. The van der Waals surface area contributed by atoms with Crippen LogP contribution in [-0.2, 0) is 0 Å². The second-order valence-electron chi connectivity index (χ2n) is 5.27. The highest BCUT2D eigenvalue weighted by atomic mass is 32.1. The van der Waals surface area contributed by atoms with Crippen molar-refractivity contribution in [3.63, 3.8) is 0 Å². The molecular weight excluding hydrogens is 336 g/mol. The summed E-state index contributed by atoms with van der Waals surface area (Å²) in [6.45, 7) is 2.80. The molecule has 0 saturated carbocycles. The zero-order valence-electron chi connectivity index (χ0n) is 13.6. The van der Waals surface area contributed by atoms with E-state index in [0.29, 0.717) is 16.8 Å². The first-order valence-electron chi connectivity index (χ1n) is 7.90. The Kier molecular flexibility index (Phi) is 7.45. The molecule has 2 aromatic carbocycles. The van der Waals surface area contributed by atoms with E-state index in [1.54, 1.807) is 0 Å². The Hall–Kier alpha value is -2.18. The number of hydrogen-bond acceptors (Lipinski definition) is 2. The van der Waals surface area contributed by atoms with Gasteiger partial charge in [0.1, 0.15) is 0 Å². The van der Waals surface area contributed by atoms with Crippen LogP contribution in [0.3, 0.4) is 0 Å². The zero-order chi connectivity index (χ0) is 17.2. The Balaban J connectivity index is 1.75. The number of nitrogens with one attached hydrogen (secondary N) is 4. The minimum Gasteiger partial charge on any atom is -0.360 e. The third-order valence-corrected chi connectivity index (χ3v) is 3.87. The molecule has 0 radical (unpaired) electrons. The van der Waals surface area contributed by atoms with E-state index in [9.17, 15) is 0 Å². The number of para-hydroxylation sites is 2. The molecule has 0 aromatic heterocycles. The molecule has 4 nitrogen and oxygen atoms in total. The maximum Gasteiger partial charge on any atom is 0.171 e. The van der Waals surface area contributed by atoms with E-state index in [2.05, 4.69) is 28.2 Å². The van der Waals surface area contributed by atoms with Gasteiger partial charge in [-0.25, -0.2) is 0 Å². The molecule has 24 heavy (non-hydrogen) atoms. The van der Waals surface area contributed by atoms with Crippen LogP contribution in [0.15, 0.2) is 60.7 Å². The lowest BCUT2D eigenvalue weighted by Crippen LogP contribution is -2.45. The van der Waals surface area contributed by atoms with Gasteiger partial charge in [-0.05, 0) is 55.1 Å². The van der Waals surface area contributed by atoms with Crippen molar-refractivity contribution in [2.24, 2.45) is 0 Å². The molecule has 0 heterocycles. The summed E-state index contributed by atoms with van der Waals surface area (Å²) in [4.78, 5) is 0. The summed E-state index contributed by atoms with van der Waals surface area (Å²) in [5, 5.41) is 14.1. The average Bonchev–Trinajstić information content (AvgIpc) is 2.60. The third-order valence-electron chi connectivity index (χ3n) is 3.40. The molecule has 0 amide bonds. The fourth-order valence-corrected chi connectivity index (χ4v) is 2.57. The Bertz CT molecular complexity index is 647. The van der Waals surface area contributed by atoms with Gasteiger partial charge in [0.05, 0.1) is 0 Å². The number of rotatable bonds is 6. The van der Waals surface area contributed by atoms with Crippen molar-refractivity contribution in [2.75, 3.05) is 17.2 Å². The summed E-state index contributed by atoms with van der Waals surface area (Å²) >= 11 is 10.7. The van der Waals surface area contributed by atoms with Crippen LogP contribution >= 0.6 is 24.4 Å². The van der Waals surface area contributed by atoms with Crippen molar-refractivity contribution in [1.29, 1.82) is 0 Å². The van der Waals surface area contributed by atoms with E-state index in [1.165, 1.54) is 0 Å². The van der Waals surface area contributed by atoms with Crippen LogP contribution in [0.25, 0.3) is 0 Å². The molecule has 1 unspecified atom stereocenters. The van der Waals surface area contributed by atoms with Crippen LogP contribution in [-0.4, -0.2) is 22.8 Å². The molecule has 2 aromatic rings. The minimum absolute atomic E-state index is 0.184. The van der Waals surface area contributed by atoms with Crippen molar-refractivity contribution in [1.82, 2.24) is 10.6 Å². The van der Waals surface area contributed by atoms with E-state index in [1.807, 2.05) is 60.7 Å². The molecule has 2 rings (SSSR count). The zero-order valence-corrected chi connectivity index (χ0v) is 15.2. The molecule has 0 bridgehead atoms. The topological polar surface area (TPSA) is 48.1 Å². The Morgan fingerprint density at radius 3 is 1.83 bits per heavy atom. The van der Waals surface area contributed by atoms with Crippen LogP contribution < -0.4 is 21.3 Å². The molecule has 1 atom stereocenters. The monoisotopic (exact) mass is 358 g/mol. The van der Waals surface area contributed by atoms with E-state index >= 15 is 0 Å². The first-order chi connectivity index (χ1) is 11.7. The van der Waals surface area contributed by atoms with Gasteiger partial charge in [0.25, 0.3) is 0 Å². The van der Waals surface area contributed by atoms with Crippen molar-refractivity contribution in [2.45, 2.75) is 19.4 Å². The lowest BCUT2D eigenvalue weighted by Gasteiger charge is -2.21. The molecule has 0 aliphatic rings. The lowest BCUT2D eigenvalue weighted by molar-refractivity contribution is 0.577. The Morgan fingerprint density at radius 1 is 0.833 bits per heavy atom. The first-order valence-corrected chi connectivity index (χ1v) is 8.71. The molecule has 0 saturated heterocycles. The highest BCUT2D eigenvalue weighted by Gasteiger charge is 2.08. The maximum atomic E-state index is 5.36. The second kappa shape index (κ2) is 9.85. The molecule has 126 valence electrons. The van der Waals surface area contributed by atoms with Crippen molar-refractivity contribution in [3.8, 4) is 0 Å². The number of thiocarbonyl (C=S) groups is 2. The highest BCUT2D eigenvalue weighted by Crippen LogP contribution is 2.06. The van der Waals surface area contributed by atoms with Gasteiger partial charge in [0.15, 0.2) is 10.2 Å². The van der Waals surface area contributed by atoms with Gasteiger partial charge in [-0.1, -0.05) is 43.3 Å². The SMILES string of the molecule is CCC(CNC(=S)Nc1ccccc1)NC(=S)Nc1ccccc1. The summed E-state index contributed by atoms with van der Waals surface area (Å²) in [5.74, 6) is 0. The van der Waals surface area contributed by atoms with Crippen LogP contribution in [0.2, 0.25) is 0 Å². The molecular formula is C18H22N4S2. The molecule has 4 N–H and O–H groups in total. The first kappa shape index (κ1) is 18.2. The number of benzene rings is 2. The van der Waals surface area contributed by atoms with E-state index in [0.717, 1.165) is 17.8 Å². The van der Waals surface area contributed by atoms with Crippen LogP contribution in [0, 0.1) is 0 Å². The minimum atomic E-state index is 0.184. The van der Waals surface area contributed by atoms with Crippen LogP contribution in [0.1, 0.15) is 13.3 Å². The van der Waals surface area contributed by atoms with Gasteiger partial charge >= 0.3 is 0 Å². The fraction of sp³-hybridized carbons (Fsp3) is 0.222. The molecule has 0 fully saturated rings. The molecule has 0 aliphatic carbocycles. The highest BCUT2D eigenvalue weighted by molar-refractivity contribution is 7.80. The molecule has 6 heteroatoms. The van der Waals surface area contributed by atoms with E-state index < -0.39 is 0 Å². The smallest absolute Gasteiger partial charge is 0.171 e. The summed E-state index contributed by atoms with van der Waals surface area (Å²) in [6.07, 6.45) is 0.928. The van der Waals surface area contributed by atoms with E-state index in [4.69, 9.17) is 24.4 Å². The quantitative estimate of drug-likeness (QED) is 0.590. The predicted molar refractivity (Wildman–Crippen MR) is 111 cm³/mol. The third kappa shape index (κ3) is 6.52. The van der Waals surface area contributed by atoms with Gasteiger partial charge in [-0.3, -0.25) is 0 Å².